The molecule has 0 aromatic carbocycles. The van der Waals surface area contributed by atoms with Crippen LogP contribution in [0.5, 0.6) is 0 Å². The molecule has 0 spiro atoms. The number of hydrogen-bond donors (Lipinski definition) is 2. The van der Waals surface area contributed by atoms with Gasteiger partial charge in [0.15, 0.2) is 5.82 Å². The molecule has 0 atom stereocenters. The highest BCUT2D eigenvalue weighted by Crippen LogP contribution is 2.03. The Labute approximate surface area is 91.5 Å². The fraction of sp³-hybridized carbons (Fsp3) is 0.111. The highest BCUT2D eigenvalue weighted by atomic mass is 15.3. The number of anilines is 1. The number of hydrazine groups is 1. The molecular weight excluding hydrogens is 206 g/mol. The second-order valence-electron chi connectivity index (χ2n) is 3.03. The minimum Gasteiger partial charge on any atom is -0.317 e. The zero-order valence-electron chi connectivity index (χ0n) is 8.33. The number of rotatable bonds is 3. The first-order chi connectivity index (χ1) is 7.83. The summed E-state index contributed by atoms with van der Waals surface area (Å²) in [7, 11) is 0. The minimum absolute atomic E-state index is 0.350. The lowest BCUT2D eigenvalue weighted by Crippen LogP contribution is -2.10. The van der Waals surface area contributed by atoms with Gasteiger partial charge in [-0.05, 0) is 0 Å². The van der Waals surface area contributed by atoms with Crippen LogP contribution < -0.4 is 11.3 Å². The summed E-state index contributed by atoms with van der Waals surface area (Å²) in [5, 5.41) is 8.77. The van der Waals surface area contributed by atoms with E-state index in [-0.39, 0.29) is 0 Å². The second kappa shape index (κ2) is 4.37. The maximum absolute atomic E-state index is 8.77. The van der Waals surface area contributed by atoms with Gasteiger partial charge < -0.3 is 9.99 Å². The first kappa shape index (κ1) is 10.1. The van der Waals surface area contributed by atoms with E-state index in [1.807, 2.05) is 6.07 Å². The molecule has 0 amide bonds. The molecule has 0 bridgehead atoms. The predicted molar refractivity (Wildman–Crippen MR) is 55.9 cm³/mol. The standard InChI is InChI=1S/C9H9N7/c10-3-9-12-1-2-16(9)6-7-4-14-8(15-11)5-13-7/h1-2,4-5H,6,11H2,(H,14,15). The number of aromatic nitrogens is 4. The summed E-state index contributed by atoms with van der Waals surface area (Å²) in [6.45, 7) is 0.459. The lowest BCUT2D eigenvalue weighted by molar-refractivity contribution is 0.755. The number of nitrogens with two attached hydrogens (primary N) is 1. The van der Waals surface area contributed by atoms with Gasteiger partial charge in [0.2, 0.25) is 5.82 Å². The summed E-state index contributed by atoms with van der Waals surface area (Å²) < 4.78 is 1.69. The third-order valence-electron chi connectivity index (χ3n) is 2.00. The van der Waals surface area contributed by atoms with E-state index >= 15 is 0 Å². The molecule has 0 radical (unpaired) electrons. The van der Waals surface area contributed by atoms with Gasteiger partial charge in [-0.3, -0.25) is 4.98 Å². The lowest BCUT2D eigenvalue weighted by atomic mass is 10.4. The van der Waals surface area contributed by atoms with Gasteiger partial charge in [0.1, 0.15) is 6.07 Å². The van der Waals surface area contributed by atoms with Crippen LogP contribution in [0.4, 0.5) is 5.82 Å². The van der Waals surface area contributed by atoms with E-state index in [0.29, 0.717) is 18.2 Å². The first-order valence-electron chi connectivity index (χ1n) is 4.52. The molecule has 0 aliphatic heterocycles. The summed E-state index contributed by atoms with van der Waals surface area (Å²) in [6, 6.07) is 1.99. The number of nitrogens with zero attached hydrogens (tertiary/aromatic N) is 5. The van der Waals surface area contributed by atoms with Crippen LogP contribution >= 0.6 is 0 Å². The average molecular weight is 215 g/mol. The van der Waals surface area contributed by atoms with Crippen LogP contribution in [0, 0.1) is 11.3 Å². The largest absolute Gasteiger partial charge is 0.317 e. The maximum atomic E-state index is 8.77. The molecular formula is C9H9N7. The molecule has 0 saturated heterocycles. The van der Waals surface area contributed by atoms with E-state index in [2.05, 4.69) is 20.4 Å². The third kappa shape index (κ3) is 1.97. The molecule has 0 aliphatic rings. The van der Waals surface area contributed by atoms with Crippen LogP contribution in [-0.4, -0.2) is 19.5 Å². The monoisotopic (exact) mass is 215 g/mol. The third-order valence-corrected chi connectivity index (χ3v) is 2.00. The molecule has 3 N–H and O–H groups in total. The highest BCUT2D eigenvalue weighted by molar-refractivity contribution is 5.28. The van der Waals surface area contributed by atoms with Crippen molar-refractivity contribution in [3.63, 3.8) is 0 Å². The molecule has 2 heterocycles. The molecule has 7 nitrogen and oxygen atoms in total. The van der Waals surface area contributed by atoms with Gasteiger partial charge in [-0.1, -0.05) is 0 Å². The van der Waals surface area contributed by atoms with E-state index in [0.717, 1.165) is 5.69 Å². The first-order valence-corrected chi connectivity index (χ1v) is 4.52. The van der Waals surface area contributed by atoms with Gasteiger partial charge in [0.25, 0.3) is 0 Å². The molecule has 80 valence electrons. The fourth-order valence-corrected chi connectivity index (χ4v) is 1.24. The van der Waals surface area contributed by atoms with Gasteiger partial charge in [0, 0.05) is 12.4 Å². The molecule has 2 rings (SSSR count). The zero-order chi connectivity index (χ0) is 11.4. The molecule has 7 heteroatoms. The van der Waals surface area contributed by atoms with E-state index < -0.39 is 0 Å². The van der Waals surface area contributed by atoms with Crippen molar-refractivity contribution in [1.29, 1.82) is 5.26 Å². The zero-order valence-corrected chi connectivity index (χ0v) is 8.33. The van der Waals surface area contributed by atoms with Crippen LogP contribution in [0.1, 0.15) is 11.5 Å². The van der Waals surface area contributed by atoms with Crippen LogP contribution in [-0.2, 0) is 6.54 Å². The average Bonchev–Trinajstić information content (AvgIpc) is 2.77. The van der Waals surface area contributed by atoms with Gasteiger partial charge in [-0.25, -0.2) is 15.8 Å². The number of imidazole rings is 1. The van der Waals surface area contributed by atoms with Gasteiger partial charge in [-0.15, -0.1) is 0 Å². The summed E-state index contributed by atoms with van der Waals surface area (Å²) in [5.41, 5.74) is 3.12. The smallest absolute Gasteiger partial charge is 0.213 e. The van der Waals surface area contributed by atoms with Crippen molar-refractivity contribution in [3.8, 4) is 6.07 Å². The minimum atomic E-state index is 0.350. The van der Waals surface area contributed by atoms with E-state index in [9.17, 15) is 0 Å². The van der Waals surface area contributed by atoms with Crippen LogP contribution in [0.25, 0.3) is 0 Å². The van der Waals surface area contributed by atoms with Crippen molar-refractivity contribution in [2.24, 2.45) is 5.84 Å². The molecule has 2 aromatic rings. The lowest BCUT2D eigenvalue weighted by Gasteiger charge is -2.03. The summed E-state index contributed by atoms with van der Waals surface area (Å²) in [4.78, 5) is 12.0. The fourth-order valence-electron chi connectivity index (χ4n) is 1.24. The molecule has 0 aliphatic carbocycles. The van der Waals surface area contributed by atoms with Crippen molar-refractivity contribution in [2.75, 3.05) is 5.43 Å². The van der Waals surface area contributed by atoms with Crippen molar-refractivity contribution in [1.82, 2.24) is 19.5 Å². The maximum Gasteiger partial charge on any atom is 0.213 e. The normalized spacial score (nSPS) is 9.75. The van der Waals surface area contributed by atoms with Crippen LogP contribution in [0.3, 0.4) is 0 Å². The number of hydrogen-bond acceptors (Lipinski definition) is 6. The van der Waals surface area contributed by atoms with Gasteiger partial charge >= 0.3 is 0 Å². The predicted octanol–water partition coefficient (Wildman–Crippen LogP) is -0.121. The Hall–Kier alpha value is -2.46. The number of nitriles is 1. The van der Waals surface area contributed by atoms with Crippen molar-refractivity contribution >= 4 is 5.82 Å². The Balaban J connectivity index is 2.18. The molecule has 16 heavy (non-hydrogen) atoms. The SMILES string of the molecule is N#Cc1nccn1Cc1cnc(NN)cn1. The molecule has 0 fully saturated rings. The van der Waals surface area contributed by atoms with E-state index in [1.54, 1.807) is 23.2 Å². The Morgan fingerprint density at radius 1 is 1.38 bits per heavy atom. The van der Waals surface area contributed by atoms with E-state index in [1.165, 1.54) is 6.20 Å². The van der Waals surface area contributed by atoms with Crippen LogP contribution in [0.2, 0.25) is 0 Å². The Bertz CT molecular complexity index is 507. The Kier molecular flexibility index (Phi) is 2.75. The Morgan fingerprint density at radius 3 is 2.88 bits per heavy atom. The summed E-state index contributed by atoms with van der Waals surface area (Å²) >= 11 is 0. The van der Waals surface area contributed by atoms with Crippen LogP contribution in [0.15, 0.2) is 24.8 Å². The molecule has 0 saturated carbocycles. The van der Waals surface area contributed by atoms with Crippen molar-refractivity contribution in [2.45, 2.75) is 6.54 Å². The van der Waals surface area contributed by atoms with E-state index in [4.69, 9.17) is 11.1 Å². The summed E-state index contributed by atoms with van der Waals surface area (Å²) in [6.07, 6.45) is 6.41. The number of nitrogen functional groups attached to an aromatic ring is 1. The quantitative estimate of drug-likeness (QED) is 0.546. The van der Waals surface area contributed by atoms with Gasteiger partial charge in [-0.2, -0.15) is 5.26 Å². The second-order valence-corrected chi connectivity index (χ2v) is 3.03. The van der Waals surface area contributed by atoms with Gasteiger partial charge in [0.05, 0.1) is 24.6 Å². The molecule has 0 unspecified atom stereocenters. The topological polar surface area (TPSA) is 105 Å². The highest BCUT2D eigenvalue weighted by Gasteiger charge is 2.03. The summed E-state index contributed by atoms with van der Waals surface area (Å²) in [5.74, 6) is 6.02. The van der Waals surface area contributed by atoms with Crippen molar-refractivity contribution in [3.05, 3.63) is 36.3 Å². The Morgan fingerprint density at radius 2 is 2.25 bits per heavy atom. The molecule has 2 aromatic heterocycles. The number of nitrogens with one attached hydrogen (secondary N) is 1. The van der Waals surface area contributed by atoms with Crippen molar-refractivity contribution < 1.29 is 0 Å².